The molecule has 5 heteroatoms. The van der Waals surface area contributed by atoms with Crippen molar-refractivity contribution >= 4 is 17.9 Å². The lowest BCUT2D eigenvalue weighted by Gasteiger charge is -2.12. The first-order valence-corrected chi connectivity index (χ1v) is 13.4. The van der Waals surface area contributed by atoms with Gasteiger partial charge in [0.15, 0.2) is 6.10 Å². The Hall–Kier alpha value is -1.39. The third-order valence-corrected chi connectivity index (χ3v) is 5.82. The van der Waals surface area contributed by atoms with Crippen LogP contribution in [0.4, 0.5) is 0 Å². The van der Waals surface area contributed by atoms with Crippen molar-refractivity contribution < 1.29 is 23.9 Å². The van der Waals surface area contributed by atoms with E-state index in [1.807, 2.05) is 0 Å². The summed E-state index contributed by atoms with van der Waals surface area (Å²) in [5.74, 6) is -1.70. The third kappa shape index (κ3) is 20.5. The van der Waals surface area contributed by atoms with E-state index in [0.29, 0.717) is 6.42 Å². The fourth-order valence-corrected chi connectivity index (χ4v) is 3.71. The molecule has 0 aromatic heterocycles. The number of unbranched alkanes of at least 4 members (excludes halogenated alkanes) is 16. The monoisotopic (exact) mass is 454 g/mol. The van der Waals surface area contributed by atoms with Gasteiger partial charge in [-0.2, -0.15) is 0 Å². The molecule has 188 valence electrons. The van der Waals surface area contributed by atoms with Crippen LogP contribution in [0, 0.1) is 0 Å². The fraction of sp³-hybridized carbons (Fsp3) is 0.889. The normalized spacial score (nSPS) is 11.8. The number of hydrogen-bond donors (Lipinski definition) is 0. The lowest BCUT2D eigenvalue weighted by molar-refractivity contribution is -0.173. The van der Waals surface area contributed by atoms with E-state index in [0.717, 1.165) is 38.5 Å². The van der Waals surface area contributed by atoms with E-state index in [1.54, 1.807) is 0 Å². The predicted octanol–water partition coefficient (Wildman–Crippen LogP) is 7.83. The molecule has 0 spiro atoms. The second kappa shape index (κ2) is 22.8. The van der Waals surface area contributed by atoms with Crippen LogP contribution in [0.3, 0.4) is 0 Å². The number of carbonyl (C=O) groups is 3. The van der Waals surface area contributed by atoms with Gasteiger partial charge in [0, 0.05) is 12.8 Å². The molecule has 0 saturated carbocycles. The minimum atomic E-state index is -1.03. The van der Waals surface area contributed by atoms with E-state index >= 15 is 0 Å². The maximum Gasteiger partial charge on any atom is 0.354 e. The van der Waals surface area contributed by atoms with Crippen LogP contribution in [0.2, 0.25) is 0 Å². The predicted molar refractivity (Wildman–Crippen MR) is 130 cm³/mol. The van der Waals surface area contributed by atoms with Crippen LogP contribution in [0.25, 0.3) is 0 Å². The molecule has 1 atom stereocenters. The van der Waals surface area contributed by atoms with Gasteiger partial charge >= 0.3 is 17.9 Å². The van der Waals surface area contributed by atoms with Gasteiger partial charge in [-0.1, -0.05) is 117 Å². The average Bonchev–Trinajstić information content (AvgIpc) is 2.76. The highest BCUT2D eigenvalue weighted by molar-refractivity contribution is 5.88. The Morgan fingerprint density at radius 2 is 0.875 bits per heavy atom. The van der Waals surface area contributed by atoms with Crippen LogP contribution in [-0.2, 0) is 23.9 Å². The third-order valence-electron chi connectivity index (χ3n) is 5.82. The van der Waals surface area contributed by atoms with E-state index in [1.165, 1.54) is 84.0 Å². The van der Waals surface area contributed by atoms with Gasteiger partial charge in [-0.25, -0.2) is 4.79 Å². The van der Waals surface area contributed by atoms with E-state index in [9.17, 15) is 14.4 Å². The first-order chi connectivity index (χ1) is 15.5. The Morgan fingerprint density at radius 3 is 1.28 bits per heavy atom. The van der Waals surface area contributed by atoms with Crippen LogP contribution in [0.1, 0.15) is 149 Å². The molecule has 0 aliphatic heterocycles. The average molecular weight is 455 g/mol. The van der Waals surface area contributed by atoms with Crippen molar-refractivity contribution in [1.82, 2.24) is 0 Å². The summed E-state index contributed by atoms with van der Waals surface area (Å²) < 4.78 is 9.95. The molecule has 0 aromatic carbocycles. The second-order valence-corrected chi connectivity index (χ2v) is 9.08. The molecule has 0 aliphatic rings. The van der Waals surface area contributed by atoms with Gasteiger partial charge < -0.3 is 9.47 Å². The maximum absolute atomic E-state index is 12.0. The standard InChI is InChI=1S/C27H50O5/c1-4-6-8-10-12-14-16-18-20-22-25(28)31-24(3)27(30)32-26(29)23-21-19-17-15-13-11-9-7-5-2/h24H,4-23H2,1-3H3. The zero-order valence-electron chi connectivity index (χ0n) is 21.3. The van der Waals surface area contributed by atoms with Gasteiger partial charge in [-0.05, 0) is 19.8 Å². The van der Waals surface area contributed by atoms with Gasteiger partial charge in [0.25, 0.3) is 0 Å². The molecule has 5 nitrogen and oxygen atoms in total. The number of esters is 3. The van der Waals surface area contributed by atoms with Crippen molar-refractivity contribution in [3.05, 3.63) is 0 Å². The summed E-state index contributed by atoms with van der Waals surface area (Å²) in [6.07, 6.45) is 20.5. The number of hydrogen-bond acceptors (Lipinski definition) is 5. The molecule has 0 rings (SSSR count). The van der Waals surface area contributed by atoms with Crippen molar-refractivity contribution in [2.75, 3.05) is 0 Å². The van der Waals surface area contributed by atoms with E-state index < -0.39 is 24.0 Å². The lowest BCUT2D eigenvalue weighted by atomic mass is 10.1. The first kappa shape index (κ1) is 30.6. The van der Waals surface area contributed by atoms with Crippen molar-refractivity contribution in [2.45, 2.75) is 155 Å². The van der Waals surface area contributed by atoms with E-state index in [4.69, 9.17) is 9.47 Å². The van der Waals surface area contributed by atoms with Gasteiger partial charge in [0.05, 0.1) is 0 Å². The Kier molecular flexibility index (Phi) is 21.8. The Labute approximate surface area is 197 Å². The zero-order chi connectivity index (χ0) is 23.9. The van der Waals surface area contributed by atoms with Gasteiger partial charge in [0.2, 0.25) is 0 Å². The Balaban J connectivity index is 3.65. The van der Waals surface area contributed by atoms with Crippen LogP contribution in [0.15, 0.2) is 0 Å². The minimum absolute atomic E-state index is 0.237. The first-order valence-electron chi connectivity index (χ1n) is 13.4. The minimum Gasteiger partial charge on any atom is -0.451 e. The Morgan fingerprint density at radius 1 is 0.531 bits per heavy atom. The van der Waals surface area contributed by atoms with Crippen molar-refractivity contribution in [1.29, 1.82) is 0 Å². The van der Waals surface area contributed by atoms with E-state index in [-0.39, 0.29) is 6.42 Å². The molecule has 0 aliphatic carbocycles. The summed E-state index contributed by atoms with van der Waals surface area (Å²) in [6, 6.07) is 0. The molecule has 0 radical (unpaired) electrons. The highest BCUT2D eigenvalue weighted by Gasteiger charge is 2.21. The fourth-order valence-electron chi connectivity index (χ4n) is 3.71. The van der Waals surface area contributed by atoms with Gasteiger partial charge in [0.1, 0.15) is 0 Å². The van der Waals surface area contributed by atoms with Crippen molar-refractivity contribution in [3.8, 4) is 0 Å². The summed E-state index contributed by atoms with van der Waals surface area (Å²) in [5, 5.41) is 0. The van der Waals surface area contributed by atoms with Gasteiger partial charge in [-0.15, -0.1) is 0 Å². The van der Waals surface area contributed by atoms with Crippen LogP contribution in [-0.4, -0.2) is 24.0 Å². The summed E-state index contributed by atoms with van der Waals surface area (Å²) in [6.45, 7) is 5.89. The smallest absolute Gasteiger partial charge is 0.354 e. The molecule has 32 heavy (non-hydrogen) atoms. The van der Waals surface area contributed by atoms with Gasteiger partial charge in [-0.3, -0.25) is 9.59 Å². The molecular formula is C27H50O5. The molecule has 0 saturated heterocycles. The number of ether oxygens (including phenoxy) is 2. The number of carbonyl (C=O) groups excluding carboxylic acids is 3. The van der Waals surface area contributed by atoms with Crippen LogP contribution >= 0.6 is 0 Å². The van der Waals surface area contributed by atoms with Crippen LogP contribution in [0.5, 0.6) is 0 Å². The SMILES string of the molecule is CCCCCCCCCCCC(=O)OC(=O)C(C)OC(=O)CCCCCCCCCCC. The molecule has 0 fully saturated rings. The maximum atomic E-state index is 12.0. The molecule has 0 heterocycles. The van der Waals surface area contributed by atoms with E-state index in [2.05, 4.69) is 13.8 Å². The highest BCUT2D eigenvalue weighted by atomic mass is 16.6. The largest absolute Gasteiger partial charge is 0.451 e. The molecule has 1 unspecified atom stereocenters. The molecule has 0 N–H and O–H groups in total. The summed E-state index contributed by atoms with van der Waals surface area (Å²) in [7, 11) is 0. The second-order valence-electron chi connectivity index (χ2n) is 9.08. The number of rotatable bonds is 22. The summed E-state index contributed by atoms with van der Waals surface area (Å²) in [5.41, 5.74) is 0. The summed E-state index contributed by atoms with van der Waals surface area (Å²) >= 11 is 0. The van der Waals surface area contributed by atoms with Crippen molar-refractivity contribution in [2.24, 2.45) is 0 Å². The molecular weight excluding hydrogens is 404 g/mol. The topological polar surface area (TPSA) is 69.7 Å². The zero-order valence-corrected chi connectivity index (χ0v) is 21.3. The van der Waals surface area contributed by atoms with Crippen LogP contribution < -0.4 is 0 Å². The van der Waals surface area contributed by atoms with Crippen molar-refractivity contribution in [3.63, 3.8) is 0 Å². The molecule has 0 aromatic rings. The Bertz CT molecular complexity index is 475. The highest BCUT2D eigenvalue weighted by Crippen LogP contribution is 2.12. The molecule has 0 bridgehead atoms. The lowest BCUT2D eigenvalue weighted by Crippen LogP contribution is -2.28. The summed E-state index contributed by atoms with van der Waals surface area (Å²) in [4.78, 5) is 35.7. The quantitative estimate of drug-likeness (QED) is 0.0947. The molecule has 0 amide bonds.